The standard InChI is InChI=1S/C11H13NOS/c1-3-12-7-8-6-9(14-2)4-5-10(8)11(12)13/h4-6H,3,7H2,1-2H3. The van der Waals surface area contributed by atoms with Gasteiger partial charge < -0.3 is 4.90 Å². The average Bonchev–Trinajstić information content (AvgIpc) is 2.55. The van der Waals surface area contributed by atoms with Crippen LogP contribution in [0.25, 0.3) is 0 Å². The van der Waals surface area contributed by atoms with Crippen molar-refractivity contribution in [3.05, 3.63) is 29.3 Å². The fraction of sp³-hybridized carbons (Fsp3) is 0.364. The molecule has 0 saturated carbocycles. The average molecular weight is 207 g/mol. The summed E-state index contributed by atoms with van der Waals surface area (Å²) in [6.07, 6.45) is 2.05. The number of thioether (sulfide) groups is 1. The van der Waals surface area contributed by atoms with Gasteiger partial charge in [0.1, 0.15) is 0 Å². The zero-order valence-corrected chi connectivity index (χ0v) is 9.23. The van der Waals surface area contributed by atoms with Crippen LogP contribution < -0.4 is 0 Å². The molecular weight excluding hydrogens is 194 g/mol. The van der Waals surface area contributed by atoms with E-state index in [1.807, 2.05) is 24.0 Å². The van der Waals surface area contributed by atoms with Crippen molar-refractivity contribution in [1.82, 2.24) is 4.90 Å². The van der Waals surface area contributed by atoms with Crippen LogP contribution in [0.4, 0.5) is 0 Å². The molecule has 0 N–H and O–H groups in total. The van der Waals surface area contributed by atoms with E-state index in [9.17, 15) is 4.79 Å². The molecule has 0 radical (unpaired) electrons. The molecule has 1 amide bonds. The summed E-state index contributed by atoms with van der Waals surface area (Å²) in [5.74, 6) is 0.176. The van der Waals surface area contributed by atoms with Gasteiger partial charge in [0, 0.05) is 23.5 Å². The SMILES string of the molecule is CCN1Cc2cc(SC)ccc2C1=O. The van der Waals surface area contributed by atoms with Gasteiger partial charge in [-0.05, 0) is 36.9 Å². The Balaban J connectivity index is 2.38. The predicted octanol–water partition coefficient (Wildman–Crippen LogP) is 2.38. The minimum Gasteiger partial charge on any atom is -0.335 e. The number of hydrogen-bond donors (Lipinski definition) is 0. The zero-order valence-electron chi connectivity index (χ0n) is 8.41. The fourth-order valence-electron chi connectivity index (χ4n) is 1.74. The molecule has 1 aromatic carbocycles. The van der Waals surface area contributed by atoms with Gasteiger partial charge in [0.05, 0.1) is 0 Å². The van der Waals surface area contributed by atoms with Crippen LogP contribution >= 0.6 is 11.8 Å². The third kappa shape index (κ3) is 1.42. The normalized spacial score (nSPS) is 14.7. The first-order valence-corrected chi connectivity index (χ1v) is 5.95. The summed E-state index contributed by atoms with van der Waals surface area (Å²) in [5.41, 5.74) is 2.05. The molecule has 0 saturated heterocycles. The maximum Gasteiger partial charge on any atom is 0.254 e. The van der Waals surface area contributed by atoms with Gasteiger partial charge in [-0.25, -0.2) is 0 Å². The predicted molar refractivity (Wildman–Crippen MR) is 58.6 cm³/mol. The Hall–Kier alpha value is -0.960. The fourth-order valence-corrected chi connectivity index (χ4v) is 2.20. The molecule has 3 heteroatoms. The maximum atomic E-state index is 11.7. The molecule has 0 fully saturated rings. The Morgan fingerprint density at radius 2 is 2.29 bits per heavy atom. The van der Waals surface area contributed by atoms with Gasteiger partial charge in [-0.3, -0.25) is 4.79 Å². The first kappa shape index (κ1) is 9.59. The molecule has 0 atom stereocenters. The molecule has 2 nitrogen and oxygen atoms in total. The van der Waals surface area contributed by atoms with Crippen LogP contribution in [0.5, 0.6) is 0 Å². The molecule has 0 unspecified atom stereocenters. The number of hydrogen-bond acceptors (Lipinski definition) is 2. The molecule has 1 aromatic rings. The maximum absolute atomic E-state index is 11.7. The van der Waals surface area contributed by atoms with Crippen molar-refractivity contribution in [1.29, 1.82) is 0 Å². The number of nitrogens with zero attached hydrogens (tertiary/aromatic N) is 1. The molecule has 1 heterocycles. The van der Waals surface area contributed by atoms with Crippen molar-refractivity contribution in [3.63, 3.8) is 0 Å². The lowest BCUT2D eigenvalue weighted by Crippen LogP contribution is -2.22. The van der Waals surface area contributed by atoms with Crippen LogP contribution in [-0.2, 0) is 6.54 Å². The van der Waals surface area contributed by atoms with Crippen molar-refractivity contribution in [2.45, 2.75) is 18.4 Å². The van der Waals surface area contributed by atoms with E-state index < -0.39 is 0 Å². The second kappa shape index (κ2) is 3.65. The lowest BCUT2D eigenvalue weighted by Gasteiger charge is -2.10. The van der Waals surface area contributed by atoms with E-state index in [4.69, 9.17) is 0 Å². The van der Waals surface area contributed by atoms with Crippen LogP contribution in [0.1, 0.15) is 22.8 Å². The third-order valence-electron chi connectivity index (χ3n) is 2.57. The summed E-state index contributed by atoms with van der Waals surface area (Å²) in [7, 11) is 0. The highest BCUT2D eigenvalue weighted by Crippen LogP contribution is 2.26. The van der Waals surface area contributed by atoms with Crippen LogP contribution in [-0.4, -0.2) is 23.6 Å². The van der Waals surface area contributed by atoms with Crippen molar-refractivity contribution < 1.29 is 4.79 Å². The van der Waals surface area contributed by atoms with E-state index >= 15 is 0 Å². The Labute approximate surface area is 88.3 Å². The Morgan fingerprint density at radius 1 is 1.50 bits per heavy atom. The monoisotopic (exact) mass is 207 g/mol. The molecule has 0 spiro atoms. The third-order valence-corrected chi connectivity index (χ3v) is 3.30. The smallest absolute Gasteiger partial charge is 0.254 e. The number of carbonyl (C=O) groups is 1. The first-order valence-electron chi connectivity index (χ1n) is 4.72. The van der Waals surface area contributed by atoms with Crippen molar-refractivity contribution >= 4 is 17.7 Å². The van der Waals surface area contributed by atoms with Gasteiger partial charge in [0.15, 0.2) is 0 Å². The Morgan fingerprint density at radius 3 is 2.93 bits per heavy atom. The minimum atomic E-state index is 0.176. The molecule has 0 aromatic heterocycles. The number of rotatable bonds is 2. The molecule has 0 aliphatic carbocycles. The summed E-state index contributed by atoms with van der Waals surface area (Å²) >= 11 is 1.72. The lowest BCUT2D eigenvalue weighted by atomic mass is 10.1. The molecule has 74 valence electrons. The van der Waals surface area contributed by atoms with E-state index in [1.165, 1.54) is 10.5 Å². The topological polar surface area (TPSA) is 20.3 Å². The molecular formula is C11H13NOS. The highest BCUT2D eigenvalue weighted by Gasteiger charge is 2.25. The van der Waals surface area contributed by atoms with E-state index in [0.29, 0.717) is 0 Å². The molecule has 2 rings (SSSR count). The summed E-state index contributed by atoms with van der Waals surface area (Å²) in [5, 5.41) is 0. The highest BCUT2D eigenvalue weighted by atomic mass is 32.2. The minimum absolute atomic E-state index is 0.176. The second-order valence-electron chi connectivity index (χ2n) is 3.34. The van der Waals surface area contributed by atoms with Gasteiger partial charge in [-0.1, -0.05) is 0 Å². The van der Waals surface area contributed by atoms with Gasteiger partial charge in [-0.15, -0.1) is 11.8 Å². The van der Waals surface area contributed by atoms with Crippen LogP contribution in [0.3, 0.4) is 0 Å². The van der Waals surface area contributed by atoms with Gasteiger partial charge in [0.2, 0.25) is 0 Å². The number of benzene rings is 1. The number of carbonyl (C=O) groups excluding carboxylic acids is 1. The summed E-state index contributed by atoms with van der Waals surface area (Å²) in [6, 6.07) is 6.08. The zero-order chi connectivity index (χ0) is 10.1. The van der Waals surface area contributed by atoms with E-state index in [-0.39, 0.29) is 5.91 Å². The Bertz CT molecular complexity index is 376. The van der Waals surface area contributed by atoms with E-state index in [1.54, 1.807) is 11.8 Å². The summed E-state index contributed by atoms with van der Waals surface area (Å²) in [4.78, 5) is 14.8. The van der Waals surface area contributed by atoms with Gasteiger partial charge in [-0.2, -0.15) is 0 Å². The van der Waals surface area contributed by atoms with Crippen molar-refractivity contribution in [2.24, 2.45) is 0 Å². The van der Waals surface area contributed by atoms with E-state index in [0.717, 1.165) is 18.7 Å². The van der Waals surface area contributed by atoms with Crippen LogP contribution in [0.2, 0.25) is 0 Å². The largest absolute Gasteiger partial charge is 0.335 e. The second-order valence-corrected chi connectivity index (χ2v) is 4.22. The molecule has 1 aliphatic rings. The van der Waals surface area contributed by atoms with E-state index in [2.05, 4.69) is 12.3 Å². The molecule has 0 bridgehead atoms. The number of amides is 1. The quantitative estimate of drug-likeness (QED) is 0.694. The van der Waals surface area contributed by atoms with Crippen LogP contribution in [0, 0.1) is 0 Å². The number of fused-ring (bicyclic) bond motifs is 1. The molecule has 14 heavy (non-hydrogen) atoms. The van der Waals surface area contributed by atoms with Gasteiger partial charge in [0.25, 0.3) is 5.91 Å². The highest BCUT2D eigenvalue weighted by molar-refractivity contribution is 7.98. The Kier molecular flexibility index (Phi) is 2.50. The lowest BCUT2D eigenvalue weighted by molar-refractivity contribution is 0.0787. The molecule has 1 aliphatic heterocycles. The summed E-state index contributed by atoms with van der Waals surface area (Å²) in [6.45, 7) is 3.58. The van der Waals surface area contributed by atoms with Crippen molar-refractivity contribution in [2.75, 3.05) is 12.8 Å². The first-order chi connectivity index (χ1) is 6.76. The van der Waals surface area contributed by atoms with Gasteiger partial charge >= 0.3 is 0 Å². The van der Waals surface area contributed by atoms with Crippen LogP contribution in [0.15, 0.2) is 23.1 Å². The van der Waals surface area contributed by atoms with Crippen molar-refractivity contribution in [3.8, 4) is 0 Å². The summed E-state index contributed by atoms with van der Waals surface area (Å²) < 4.78 is 0.